The maximum Gasteiger partial charge on any atom is 0.276 e. The van der Waals surface area contributed by atoms with E-state index >= 15 is 0 Å². The number of hydrogen-bond acceptors (Lipinski definition) is 4. The van der Waals surface area contributed by atoms with Gasteiger partial charge < -0.3 is 9.84 Å². The van der Waals surface area contributed by atoms with Gasteiger partial charge in [-0.25, -0.2) is 0 Å². The molecule has 0 radical (unpaired) electrons. The molecule has 1 aliphatic rings. The van der Waals surface area contributed by atoms with Gasteiger partial charge in [0.05, 0.1) is 16.6 Å². The standard InChI is InChI=1S/C16H15NO4/c18-16-8-5-11-9-13(6-7-14(11)16)21-10-12-3-1-2-4-15(12)17(19)20/h1-4,6-7,9,16,18H,5,8,10H2/t16-/m1/s1. The van der Waals surface area contributed by atoms with E-state index in [-0.39, 0.29) is 18.4 Å². The Morgan fingerprint density at radius 2 is 2.10 bits per heavy atom. The molecule has 0 fully saturated rings. The van der Waals surface area contributed by atoms with E-state index in [2.05, 4.69) is 0 Å². The number of benzene rings is 2. The van der Waals surface area contributed by atoms with Crippen LogP contribution < -0.4 is 4.74 Å². The Hall–Kier alpha value is -2.40. The average molecular weight is 285 g/mol. The molecule has 21 heavy (non-hydrogen) atoms. The Morgan fingerprint density at radius 1 is 1.29 bits per heavy atom. The summed E-state index contributed by atoms with van der Waals surface area (Å²) in [6, 6.07) is 12.1. The van der Waals surface area contributed by atoms with E-state index in [0.29, 0.717) is 11.3 Å². The number of hydrogen-bond donors (Lipinski definition) is 1. The zero-order chi connectivity index (χ0) is 14.8. The van der Waals surface area contributed by atoms with Crippen LogP contribution in [0.5, 0.6) is 5.75 Å². The molecule has 0 bridgehead atoms. The number of nitrogens with zero attached hydrogens (tertiary/aromatic N) is 1. The van der Waals surface area contributed by atoms with Crippen LogP contribution in [-0.4, -0.2) is 10.0 Å². The number of ether oxygens (including phenoxy) is 1. The fraction of sp³-hybridized carbons (Fsp3) is 0.250. The molecule has 1 aliphatic carbocycles. The Labute approximate surface area is 122 Å². The van der Waals surface area contributed by atoms with Gasteiger partial charge in [0.15, 0.2) is 0 Å². The zero-order valence-electron chi connectivity index (χ0n) is 11.4. The fourth-order valence-electron chi connectivity index (χ4n) is 2.63. The van der Waals surface area contributed by atoms with E-state index in [4.69, 9.17) is 4.74 Å². The van der Waals surface area contributed by atoms with E-state index in [1.54, 1.807) is 24.3 Å². The highest BCUT2D eigenvalue weighted by atomic mass is 16.6. The summed E-state index contributed by atoms with van der Waals surface area (Å²) in [4.78, 5) is 10.5. The molecule has 0 heterocycles. The van der Waals surface area contributed by atoms with E-state index in [9.17, 15) is 15.2 Å². The first kappa shape index (κ1) is 13.6. The molecule has 108 valence electrons. The Balaban J connectivity index is 1.76. The molecule has 0 aromatic heterocycles. The largest absolute Gasteiger partial charge is 0.489 e. The van der Waals surface area contributed by atoms with Crippen LogP contribution in [0.1, 0.15) is 29.2 Å². The number of aryl methyl sites for hydroxylation is 1. The number of fused-ring (bicyclic) bond motifs is 1. The van der Waals surface area contributed by atoms with Gasteiger partial charge in [-0.3, -0.25) is 10.1 Å². The molecule has 0 saturated heterocycles. The summed E-state index contributed by atoms with van der Waals surface area (Å²) in [6.07, 6.45) is 1.19. The number of nitro groups is 1. The van der Waals surface area contributed by atoms with Gasteiger partial charge in [0.2, 0.25) is 0 Å². The summed E-state index contributed by atoms with van der Waals surface area (Å²) < 4.78 is 5.66. The third kappa shape index (κ3) is 2.73. The zero-order valence-corrected chi connectivity index (χ0v) is 11.4. The molecule has 0 saturated carbocycles. The van der Waals surface area contributed by atoms with E-state index in [1.165, 1.54) is 6.07 Å². The second-order valence-electron chi connectivity index (χ2n) is 5.09. The topological polar surface area (TPSA) is 72.6 Å². The summed E-state index contributed by atoms with van der Waals surface area (Å²) in [5.74, 6) is 0.668. The maximum atomic E-state index is 10.9. The summed E-state index contributed by atoms with van der Waals surface area (Å²) in [7, 11) is 0. The lowest BCUT2D eigenvalue weighted by Crippen LogP contribution is -2.01. The Morgan fingerprint density at radius 3 is 2.90 bits per heavy atom. The van der Waals surface area contributed by atoms with Crippen molar-refractivity contribution in [2.24, 2.45) is 0 Å². The quantitative estimate of drug-likeness (QED) is 0.691. The number of aliphatic hydroxyl groups excluding tert-OH is 1. The first-order valence-electron chi connectivity index (χ1n) is 6.81. The van der Waals surface area contributed by atoms with Gasteiger partial charge in [0.1, 0.15) is 12.4 Å². The van der Waals surface area contributed by atoms with Gasteiger partial charge in [-0.15, -0.1) is 0 Å². The molecule has 1 N–H and O–H groups in total. The highest BCUT2D eigenvalue weighted by Crippen LogP contribution is 2.33. The molecule has 2 aromatic carbocycles. The molecule has 5 nitrogen and oxygen atoms in total. The molecule has 3 rings (SSSR count). The van der Waals surface area contributed by atoms with Crippen molar-refractivity contribution in [1.82, 2.24) is 0 Å². The summed E-state index contributed by atoms with van der Waals surface area (Å²) >= 11 is 0. The van der Waals surface area contributed by atoms with E-state index in [1.807, 2.05) is 12.1 Å². The normalized spacial score (nSPS) is 16.5. The molecular weight excluding hydrogens is 270 g/mol. The molecule has 2 aromatic rings. The molecule has 1 atom stereocenters. The predicted octanol–water partition coefficient (Wildman–Crippen LogP) is 3.15. The fourth-order valence-corrected chi connectivity index (χ4v) is 2.63. The van der Waals surface area contributed by atoms with Gasteiger partial charge in [0.25, 0.3) is 5.69 Å². The minimum Gasteiger partial charge on any atom is -0.489 e. The molecule has 0 aliphatic heterocycles. The van der Waals surface area contributed by atoms with Crippen LogP contribution in [0.15, 0.2) is 42.5 Å². The molecule has 0 spiro atoms. The predicted molar refractivity (Wildman–Crippen MR) is 77.2 cm³/mol. The minimum absolute atomic E-state index is 0.0640. The van der Waals surface area contributed by atoms with E-state index in [0.717, 1.165) is 24.0 Å². The summed E-state index contributed by atoms with van der Waals surface area (Å²) in [5, 5.41) is 20.7. The highest BCUT2D eigenvalue weighted by molar-refractivity contribution is 5.42. The van der Waals surface area contributed by atoms with Crippen molar-refractivity contribution in [3.05, 3.63) is 69.3 Å². The van der Waals surface area contributed by atoms with Gasteiger partial charge >= 0.3 is 0 Å². The van der Waals surface area contributed by atoms with E-state index < -0.39 is 4.92 Å². The Kier molecular flexibility index (Phi) is 3.58. The third-order valence-electron chi connectivity index (χ3n) is 3.74. The molecule has 5 heteroatoms. The van der Waals surface area contributed by atoms with Gasteiger partial charge in [0, 0.05) is 6.07 Å². The molecular formula is C16H15NO4. The van der Waals surface area contributed by atoms with Gasteiger partial charge in [-0.2, -0.15) is 0 Å². The van der Waals surface area contributed by atoms with Crippen molar-refractivity contribution in [3.63, 3.8) is 0 Å². The van der Waals surface area contributed by atoms with Crippen molar-refractivity contribution in [2.75, 3.05) is 0 Å². The number of rotatable bonds is 4. The lowest BCUT2D eigenvalue weighted by Gasteiger charge is -2.09. The average Bonchev–Trinajstić information content (AvgIpc) is 2.86. The molecule has 0 unspecified atom stereocenters. The number of aliphatic hydroxyl groups is 1. The summed E-state index contributed by atoms with van der Waals surface area (Å²) in [5.41, 5.74) is 2.65. The maximum absolute atomic E-state index is 10.9. The van der Waals surface area contributed by atoms with Crippen LogP contribution in [0, 0.1) is 10.1 Å². The summed E-state index contributed by atoms with van der Waals surface area (Å²) in [6.45, 7) is 0.151. The van der Waals surface area contributed by atoms with Crippen molar-refractivity contribution >= 4 is 5.69 Å². The lowest BCUT2D eigenvalue weighted by atomic mass is 10.1. The van der Waals surface area contributed by atoms with Crippen LogP contribution in [0.3, 0.4) is 0 Å². The SMILES string of the molecule is O=[N+]([O-])c1ccccc1COc1ccc2c(c1)CC[C@H]2O. The smallest absolute Gasteiger partial charge is 0.276 e. The van der Waals surface area contributed by atoms with Crippen LogP contribution in [0.4, 0.5) is 5.69 Å². The number of nitro benzene ring substituents is 1. The first-order chi connectivity index (χ1) is 10.1. The van der Waals surface area contributed by atoms with Crippen LogP contribution >= 0.6 is 0 Å². The monoisotopic (exact) mass is 285 g/mol. The van der Waals surface area contributed by atoms with Crippen LogP contribution in [-0.2, 0) is 13.0 Å². The lowest BCUT2D eigenvalue weighted by molar-refractivity contribution is -0.385. The third-order valence-corrected chi connectivity index (χ3v) is 3.74. The first-order valence-corrected chi connectivity index (χ1v) is 6.81. The van der Waals surface area contributed by atoms with Crippen molar-refractivity contribution in [2.45, 2.75) is 25.6 Å². The highest BCUT2D eigenvalue weighted by Gasteiger charge is 2.20. The second kappa shape index (κ2) is 5.54. The van der Waals surface area contributed by atoms with Gasteiger partial charge in [-0.05, 0) is 42.2 Å². The van der Waals surface area contributed by atoms with Crippen molar-refractivity contribution in [1.29, 1.82) is 0 Å². The number of para-hydroxylation sites is 1. The molecule has 0 amide bonds. The van der Waals surface area contributed by atoms with Crippen LogP contribution in [0.25, 0.3) is 0 Å². The second-order valence-corrected chi connectivity index (χ2v) is 5.09. The Bertz CT molecular complexity index is 684. The van der Waals surface area contributed by atoms with Crippen LogP contribution in [0.2, 0.25) is 0 Å². The van der Waals surface area contributed by atoms with Crippen molar-refractivity contribution in [3.8, 4) is 5.75 Å². The minimum atomic E-state index is -0.405. The van der Waals surface area contributed by atoms with Gasteiger partial charge in [-0.1, -0.05) is 18.2 Å². The van der Waals surface area contributed by atoms with Crippen molar-refractivity contribution < 1.29 is 14.8 Å².